The number of ether oxygens (including phenoxy) is 1. The molecule has 0 spiro atoms. The molecular formula is C26H30N2O4. The van der Waals surface area contributed by atoms with Gasteiger partial charge in [0.05, 0.1) is 12.3 Å². The third kappa shape index (κ3) is 5.84. The SMILES string of the molecule is CCCCCCCCOc1ccc(/C=C2/C(=O)NC(=O)N(c3ccccc3C)C2=O)cc1. The van der Waals surface area contributed by atoms with E-state index in [1.807, 2.05) is 18.2 Å². The van der Waals surface area contributed by atoms with Gasteiger partial charge in [-0.3, -0.25) is 14.9 Å². The topological polar surface area (TPSA) is 75.7 Å². The summed E-state index contributed by atoms with van der Waals surface area (Å²) in [5, 5.41) is 2.25. The number of amides is 4. The molecule has 1 fully saturated rings. The normalized spacial score (nSPS) is 15.2. The molecule has 2 aromatic rings. The Labute approximate surface area is 189 Å². The average molecular weight is 435 g/mol. The Morgan fingerprint density at radius 2 is 1.59 bits per heavy atom. The van der Waals surface area contributed by atoms with Gasteiger partial charge in [0.15, 0.2) is 0 Å². The Hall–Kier alpha value is -3.41. The average Bonchev–Trinajstić information content (AvgIpc) is 2.78. The van der Waals surface area contributed by atoms with E-state index in [0.29, 0.717) is 17.9 Å². The highest BCUT2D eigenvalue weighted by Gasteiger charge is 2.37. The van der Waals surface area contributed by atoms with Crippen molar-refractivity contribution in [2.75, 3.05) is 11.5 Å². The number of anilines is 1. The number of carbonyl (C=O) groups is 3. The van der Waals surface area contributed by atoms with Crippen LogP contribution < -0.4 is 15.0 Å². The van der Waals surface area contributed by atoms with E-state index < -0.39 is 17.8 Å². The summed E-state index contributed by atoms with van der Waals surface area (Å²) in [5.74, 6) is -0.596. The number of imide groups is 2. The fraction of sp³-hybridized carbons (Fsp3) is 0.346. The Kier molecular flexibility index (Phi) is 8.20. The van der Waals surface area contributed by atoms with Crippen LogP contribution in [0.4, 0.5) is 10.5 Å². The maximum Gasteiger partial charge on any atom is 0.335 e. The van der Waals surface area contributed by atoms with Crippen molar-refractivity contribution in [1.82, 2.24) is 5.32 Å². The number of hydrogen-bond donors (Lipinski definition) is 1. The molecule has 4 amide bonds. The number of unbranched alkanes of at least 4 members (excludes halogenated alkanes) is 5. The van der Waals surface area contributed by atoms with Gasteiger partial charge in [0.25, 0.3) is 11.8 Å². The van der Waals surface area contributed by atoms with Gasteiger partial charge in [-0.25, -0.2) is 9.69 Å². The highest BCUT2D eigenvalue weighted by Crippen LogP contribution is 2.25. The number of nitrogens with zero attached hydrogens (tertiary/aromatic N) is 1. The molecule has 0 unspecified atom stereocenters. The lowest BCUT2D eigenvalue weighted by Gasteiger charge is -2.27. The van der Waals surface area contributed by atoms with Crippen molar-refractivity contribution in [2.45, 2.75) is 52.4 Å². The molecule has 0 radical (unpaired) electrons. The number of para-hydroxylation sites is 1. The van der Waals surface area contributed by atoms with Crippen molar-refractivity contribution >= 4 is 29.6 Å². The van der Waals surface area contributed by atoms with Crippen LogP contribution in [0.3, 0.4) is 0 Å². The lowest BCUT2D eigenvalue weighted by molar-refractivity contribution is -0.122. The van der Waals surface area contributed by atoms with Crippen LogP contribution in [-0.2, 0) is 9.59 Å². The molecule has 1 heterocycles. The van der Waals surface area contributed by atoms with Gasteiger partial charge in [-0.1, -0.05) is 69.4 Å². The molecule has 1 aliphatic rings. The first-order valence-electron chi connectivity index (χ1n) is 11.2. The summed E-state index contributed by atoms with van der Waals surface area (Å²) in [6, 6.07) is 13.5. The summed E-state index contributed by atoms with van der Waals surface area (Å²) >= 11 is 0. The number of carbonyl (C=O) groups excluding carboxylic acids is 3. The number of urea groups is 1. The fourth-order valence-electron chi connectivity index (χ4n) is 3.59. The second-order valence-electron chi connectivity index (χ2n) is 7.93. The maximum absolute atomic E-state index is 13.0. The Morgan fingerprint density at radius 1 is 0.906 bits per heavy atom. The van der Waals surface area contributed by atoms with E-state index in [-0.39, 0.29) is 5.57 Å². The van der Waals surface area contributed by atoms with E-state index in [9.17, 15) is 14.4 Å². The van der Waals surface area contributed by atoms with Gasteiger partial charge in [0.1, 0.15) is 11.3 Å². The quantitative estimate of drug-likeness (QED) is 0.309. The van der Waals surface area contributed by atoms with E-state index in [2.05, 4.69) is 12.2 Å². The van der Waals surface area contributed by atoms with Crippen LogP contribution in [-0.4, -0.2) is 24.5 Å². The first-order chi connectivity index (χ1) is 15.5. The largest absolute Gasteiger partial charge is 0.494 e. The van der Waals surface area contributed by atoms with Crippen LogP contribution in [0, 0.1) is 6.92 Å². The molecule has 0 atom stereocenters. The predicted molar refractivity (Wildman–Crippen MR) is 125 cm³/mol. The molecule has 1 saturated heterocycles. The standard InChI is InChI=1S/C26H30N2O4/c1-3-4-5-6-7-10-17-32-21-15-13-20(14-16-21)18-22-24(29)27-26(31)28(25(22)30)23-12-9-8-11-19(23)2/h8-9,11-16,18H,3-7,10,17H2,1-2H3,(H,27,29,31)/b22-18-. The Bertz CT molecular complexity index is 995. The first-order valence-corrected chi connectivity index (χ1v) is 11.2. The molecule has 1 aliphatic heterocycles. The second-order valence-corrected chi connectivity index (χ2v) is 7.93. The van der Waals surface area contributed by atoms with Crippen LogP contribution in [0.25, 0.3) is 6.08 Å². The third-order valence-electron chi connectivity index (χ3n) is 5.42. The van der Waals surface area contributed by atoms with Gasteiger partial charge >= 0.3 is 6.03 Å². The number of benzene rings is 2. The smallest absolute Gasteiger partial charge is 0.335 e. The summed E-state index contributed by atoms with van der Waals surface area (Å²) in [5.41, 5.74) is 1.80. The van der Waals surface area contributed by atoms with Gasteiger partial charge in [-0.2, -0.15) is 0 Å². The van der Waals surface area contributed by atoms with Crippen molar-refractivity contribution in [3.05, 3.63) is 65.2 Å². The lowest BCUT2D eigenvalue weighted by Crippen LogP contribution is -2.54. The molecule has 1 N–H and O–H groups in total. The zero-order valence-corrected chi connectivity index (χ0v) is 18.7. The highest BCUT2D eigenvalue weighted by atomic mass is 16.5. The number of rotatable bonds is 10. The van der Waals surface area contributed by atoms with E-state index in [1.165, 1.54) is 31.8 Å². The molecular weight excluding hydrogens is 404 g/mol. The predicted octanol–water partition coefficient (Wildman–Crippen LogP) is 5.40. The molecule has 168 valence electrons. The monoisotopic (exact) mass is 434 g/mol. The van der Waals surface area contributed by atoms with Crippen molar-refractivity contribution in [3.8, 4) is 5.75 Å². The summed E-state index contributed by atoms with van der Waals surface area (Å²) in [6.07, 6.45) is 8.72. The van der Waals surface area contributed by atoms with E-state index in [4.69, 9.17) is 4.74 Å². The van der Waals surface area contributed by atoms with E-state index in [0.717, 1.165) is 29.1 Å². The lowest BCUT2D eigenvalue weighted by atomic mass is 10.1. The van der Waals surface area contributed by atoms with E-state index >= 15 is 0 Å². The van der Waals surface area contributed by atoms with Gasteiger partial charge in [-0.05, 0) is 48.7 Å². The summed E-state index contributed by atoms with van der Waals surface area (Å²) in [7, 11) is 0. The minimum absolute atomic E-state index is 0.0893. The van der Waals surface area contributed by atoms with Crippen LogP contribution in [0.1, 0.15) is 56.6 Å². The van der Waals surface area contributed by atoms with Crippen molar-refractivity contribution in [3.63, 3.8) is 0 Å². The molecule has 6 nitrogen and oxygen atoms in total. The molecule has 0 bridgehead atoms. The third-order valence-corrected chi connectivity index (χ3v) is 5.42. The van der Waals surface area contributed by atoms with Gasteiger partial charge in [0, 0.05) is 0 Å². The summed E-state index contributed by atoms with van der Waals surface area (Å²) < 4.78 is 5.78. The highest BCUT2D eigenvalue weighted by molar-refractivity contribution is 6.39. The Morgan fingerprint density at radius 3 is 2.31 bits per heavy atom. The summed E-state index contributed by atoms with van der Waals surface area (Å²) in [4.78, 5) is 38.7. The molecule has 32 heavy (non-hydrogen) atoms. The number of barbiturate groups is 1. The van der Waals surface area contributed by atoms with Crippen LogP contribution in [0.5, 0.6) is 5.75 Å². The molecule has 0 aliphatic carbocycles. The molecule has 6 heteroatoms. The zero-order chi connectivity index (χ0) is 22.9. The molecule has 0 saturated carbocycles. The van der Waals surface area contributed by atoms with Crippen molar-refractivity contribution in [2.24, 2.45) is 0 Å². The van der Waals surface area contributed by atoms with E-state index in [1.54, 1.807) is 37.3 Å². The fourth-order valence-corrected chi connectivity index (χ4v) is 3.59. The number of aryl methyl sites for hydroxylation is 1. The summed E-state index contributed by atoms with van der Waals surface area (Å²) in [6.45, 7) is 4.68. The van der Waals surface area contributed by atoms with Crippen LogP contribution >= 0.6 is 0 Å². The van der Waals surface area contributed by atoms with Gasteiger partial charge in [-0.15, -0.1) is 0 Å². The number of hydrogen-bond acceptors (Lipinski definition) is 4. The minimum atomic E-state index is -0.745. The number of nitrogens with one attached hydrogen (secondary N) is 1. The second kappa shape index (κ2) is 11.3. The molecule has 2 aromatic carbocycles. The first kappa shape index (κ1) is 23.3. The maximum atomic E-state index is 13.0. The van der Waals surface area contributed by atoms with Crippen molar-refractivity contribution < 1.29 is 19.1 Å². The van der Waals surface area contributed by atoms with Crippen molar-refractivity contribution in [1.29, 1.82) is 0 Å². The minimum Gasteiger partial charge on any atom is -0.494 e. The Balaban J connectivity index is 1.65. The van der Waals surface area contributed by atoms with Gasteiger partial charge in [0.2, 0.25) is 0 Å². The molecule has 0 aromatic heterocycles. The molecule has 3 rings (SSSR count). The van der Waals surface area contributed by atoms with Gasteiger partial charge < -0.3 is 4.74 Å². The van der Waals surface area contributed by atoms with Crippen LogP contribution in [0.2, 0.25) is 0 Å². The zero-order valence-electron chi connectivity index (χ0n) is 18.7. The van der Waals surface area contributed by atoms with Crippen LogP contribution in [0.15, 0.2) is 54.1 Å².